The lowest BCUT2D eigenvalue weighted by molar-refractivity contribution is 0.638. The lowest BCUT2D eigenvalue weighted by atomic mass is 10.2. The van der Waals surface area contributed by atoms with Gasteiger partial charge in [0.15, 0.2) is 0 Å². The van der Waals surface area contributed by atoms with Crippen LogP contribution in [0.5, 0.6) is 0 Å². The molecule has 4 heteroatoms. The van der Waals surface area contributed by atoms with Gasteiger partial charge in [-0.15, -0.1) is 0 Å². The molecule has 1 heterocycles. The van der Waals surface area contributed by atoms with Crippen LogP contribution in [0.3, 0.4) is 0 Å². The van der Waals surface area contributed by atoms with Crippen LogP contribution in [-0.2, 0) is 0 Å². The van der Waals surface area contributed by atoms with Crippen LogP contribution >= 0.6 is 38.5 Å². The zero-order valence-electron chi connectivity index (χ0n) is 6.39. The summed E-state index contributed by atoms with van der Waals surface area (Å²) in [6.45, 7) is 0. The second-order valence-electron chi connectivity index (χ2n) is 2.60. The Labute approximate surface area is 96.6 Å². The van der Waals surface area contributed by atoms with E-state index in [0.717, 1.165) is 13.4 Å². The summed E-state index contributed by atoms with van der Waals surface area (Å²) in [6.07, 6.45) is 3.26. The second-order valence-corrected chi connectivity index (χ2v) is 4.68. The van der Waals surface area contributed by atoms with E-state index in [9.17, 15) is 4.39 Å². The van der Waals surface area contributed by atoms with Gasteiger partial charge < -0.3 is 0 Å². The Balaban J connectivity index is 2.94. The first kappa shape index (κ1) is 9.33. The second kappa shape index (κ2) is 3.49. The monoisotopic (exact) mass is 351 g/mol. The van der Waals surface area contributed by atoms with Gasteiger partial charge in [0, 0.05) is 31.2 Å². The van der Waals surface area contributed by atoms with Crippen molar-refractivity contribution in [2.24, 2.45) is 0 Å². The molecular formula is C9H4BrFIN. The van der Waals surface area contributed by atoms with Crippen molar-refractivity contribution in [1.82, 2.24) is 4.98 Å². The van der Waals surface area contributed by atoms with Gasteiger partial charge in [0.2, 0.25) is 0 Å². The van der Waals surface area contributed by atoms with E-state index < -0.39 is 0 Å². The molecule has 13 heavy (non-hydrogen) atoms. The molecule has 0 fully saturated rings. The lowest BCUT2D eigenvalue weighted by Gasteiger charge is -2.01. The highest BCUT2D eigenvalue weighted by molar-refractivity contribution is 14.1. The molecule has 0 saturated heterocycles. The molecule has 0 radical (unpaired) electrons. The predicted molar refractivity (Wildman–Crippen MR) is 62.1 cm³/mol. The van der Waals surface area contributed by atoms with Gasteiger partial charge in [-0.3, -0.25) is 4.98 Å². The van der Waals surface area contributed by atoms with Gasteiger partial charge in [0.25, 0.3) is 0 Å². The highest BCUT2D eigenvalue weighted by atomic mass is 127. The van der Waals surface area contributed by atoms with E-state index >= 15 is 0 Å². The van der Waals surface area contributed by atoms with Crippen molar-refractivity contribution >= 4 is 49.3 Å². The fourth-order valence-electron chi connectivity index (χ4n) is 1.16. The summed E-state index contributed by atoms with van der Waals surface area (Å²) in [4.78, 5) is 3.94. The van der Waals surface area contributed by atoms with E-state index in [0.29, 0.717) is 5.39 Å². The number of halogens is 3. The van der Waals surface area contributed by atoms with Crippen LogP contribution < -0.4 is 0 Å². The Kier molecular flexibility index (Phi) is 2.51. The van der Waals surface area contributed by atoms with Crippen molar-refractivity contribution in [3.8, 4) is 0 Å². The summed E-state index contributed by atoms with van der Waals surface area (Å²) in [5, 5.41) is 1.46. The van der Waals surface area contributed by atoms with Crippen LogP contribution in [0, 0.1) is 9.39 Å². The van der Waals surface area contributed by atoms with Gasteiger partial charge in [-0.05, 0) is 34.7 Å². The number of fused-ring (bicyclic) bond motifs is 1. The SMILES string of the molecule is Fc1cc(Br)cc2c(I)cncc12. The Bertz CT molecular complexity index is 472. The van der Waals surface area contributed by atoms with Crippen molar-refractivity contribution in [2.45, 2.75) is 0 Å². The third-order valence-corrected chi connectivity index (χ3v) is 3.06. The maximum atomic E-state index is 13.4. The largest absolute Gasteiger partial charge is 0.263 e. The molecule has 0 atom stereocenters. The van der Waals surface area contributed by atoms with E-state index in [2.05, 4.69) is 43.5 Å². The first-order chi connectivity index (χ1) is 6.18. The van der Waals surface area contributed by atoms with E-state index in [4.69, 9.17) is 0 Å². The Morgan fingerprint density at radius 2 is 2.00 bits per heavy atom. The molecule has 0 bridgehead atoms. The van der Waals surface area contributed by atoms with Crippen molar-refractivity contribution in [3.05, 3.63) is 38.4 Å². The lowest BCUT2D eigenvalue weighted by Crippen LogP contribution is -1.85. The minimum atomic E-state index is -0.240. The highest BCUT2D eigenvalue weighted by Gasteiger charge is 2.05. The van der Waals surface area contributed by atoms with Gasteiger partial charge in [-0.1, -0.05) is 15.9 Å². The smallest absolute Gasteiger partial charge is 0.133 e. The Morgan fingerprint density at radius 1 is 1.23 bits per heavy atom. The van der Waals surface area contributed by atoms with Crippen LogP contribution in [-0.4, -0.2) is 4.98 Å². The minimum Gasteiger partial charge on any atom is -0.263 e. The minimum absolute atomic E-state index is 0.240. The molecule has 0 saturated carbocycles. The van der Waals surface area contributed by atoms with Crippen LogP contribution in [0.2, 0.25) is 0 Å². The van der Waals surface area contributed by atoms with Crippen LogP contribution in [0.25, 0.3) is 10.8 Å². The van der Waals surface area contributed by atoms with Crippen molar-refractivity contribution in [1.29, 1.82) is 0 Å². The van der Waals surface area contributed by atoms with E-state index in [1.807, 2.05) is 6.07 Å². The average Bonchev–Trinajstić information content (AvgIpc) is 2.07. The molecule has 66 valence electrons. The molecule has 0 aliphatic heterocycles. The number of rotatable bonds is 0. The zero-order chi connectivity index (χ0) is 9.42. The molecule has 1 aromatic heterocycles. The quantitative estimate of drug-likeness (QED) is 0.659. The van der Waals surface area contributed by atoms with E-state index in [1.165, 1.54) is 6.07 Å². The van der Waals surface area contributed by atoms with Gasteiger partial charge >= 0.3 is 0 Å². The number of hydrogen-bond donors (Lipinski definition) is 0. The number of hydrogen-bond acceptors (Lipinski definition) is 1. The van der Waals surface area contributed by atoms with E-state index in [1.54, 1.807) is 12.4 Å². The maximum absolute atomic E-state index is 13.4. The molecule has 0 N–H and O–H groups in total. The summed E-state index contributed by atoms with van der Waals surface area (Å²) in [5.41, 5.74) is 0. The van der Waals surface area contributed by atoms with Crippen molar-refractivity contribution in [3.63, 3.8) is 0 Å². The third kappa shape index (κ3) is 1.69. The molecule has 0 aliphatic rings. The van der Waals surface area contributed by atoms with Crippen LogP contribution in [0.1, 0.15) is 0 Å². The number of aromatic nitrogens is 1. The third-order valence-electron chi connectivity index (χ3n) is 1.74. The summed E-state index contributed by atoms with van der Waals surface area (Å²) in [7, 11) is 0. The number of benzene rings is 1. The Morgan fingerprint density at radius 3 is 2.77 bits per heavy atom. The molecule has 2 aromatic rings. The summed E-state index contributed by atoms with van der Waals surface area (Å²) in [6, 6.07) is 3.34. The van der Waals surface area contributed by atoms with Gasteiger partial charge in [-0.2, -0.15) is 0 Å². The first-order valence-electron chi connectivity index (χ1n) is 3.57. The Hall–Kier alpha value is -0.230. The molecule has 1 aromatic carbocycles. The summed E-state index contributed by atoms with van der Waals surface area (Å²) < 4.78 is 15.1. The molecule has 0 unspecified atom stereocenters. The molecule has 0 spiro atoms. The molecule has 0 aliphatic carbocycles. The molecule has 0 amide bonds. The molecule has 2 rings (SSSR count). The number of pyridine rings is 1. The number of nitrogens with zero attached hydrogens (tertiary/aromatic N) is 1. The molecule has 1 nitrogen and oxygen atoms in total. The first-order valence-corrected chi connectivity index (χ1v) is 5.44. The van der Waals surface area contributed by atoms with Crippen LogP contribution in [0.4, 0.5) is 4.39 Å². The highest BCUT2D eigenvalue weighted by Crippen LogP contribution is 2.25. The normalized spacial score (nSPS) is 10.7. The van der Waals surface area contributed by atoms with Crippen molar-refractivity contribution in [2.75, 3.05) is 0 Å². The summed E-state index contributed by atoms with van der Waals surface area (Å²) >= 11 is 5.40. The van der Waals surface area contributed by atoms with Crippen molar-refractivity contribution < 1.29 is 4.39 Å². The van der Waals surface area contributed by atoms with E-state index in [-0.39, 0.29) is 5.82 Å². The molecular weight excluding hydrogens is 348 g/mol. The summed E-state index contributed by atoms with van der Waals surface area (Å²) in [5.74, 6) is -0.240. The van der Waals surface area contributed by atoms with Gasteiger partial charge in [0.05, 0.1) is 0 Å². The zero-order valence-corrected chi connectivity index (χ0v) is 10.1. The average molecular weight is 352 g/mol. The van der Waals surface area contributed by atoms with Gasteiger partial charge in [-0.25, -0.2) is 4.39 Å². The maximum Gasteiger partial charge on any atom is 0.133 e. The van der Waals surface area contributed by atoms with Crippen LogP contribution in [0.15, 0.2) is 29.0 Å². The topological polar surface area (TPSA) is 12.9 Å². The fourth-order valence-corrected chi connectivity index (χ4v) is 2.20. The predicted octanol–water partition coefficient (Wildman–Crippen LogP) is 3.74. The fraction of sp³-hybridized carbons (Fsp3) is 0. The standard InChI is InChI=1S/C9H4BrFIN/c10-5-1-6-7(8(11)2-5)3-13-4-9(6)12/h1-4H. The van der Waals surface area contributed by atoms with Gasteiger partial charge in [0.1, 0.15) is 5.82 Å².